The SMILES string of the molecule is CC1CCN(S(=O)(=O)NCC2(CCO)CC2)CC1. The molecule has 2 rings (SSSR count). The van der Waals surface area contributed by atoms with Crippen molar-refractivity contribution >= 4 is 10.2 Å². The molecule has 6 heteroatoms. The number of aliphatic hydroxyl groups is 1. The topological polar surface area (TPSA) is 69.6 Å². The summed E-state index contributed by atoms with van der Waals surface area (Å²) in [7, 11) is -3.32. The number of nitrogens with one attached hydrogen (secondary N) is 1. The maximum atomic E-state index is 12.1. The number of nitrogens with zero attached hydrogens (tertiary/aromatic N) is 1. The number of aliphatic hydroxyl groups excluding tert-OH is 1. The van der Waals surface area contributed by atoms with Gasteiger partial charge in [0.25, 0.3) is 10.2 Å². The Hall–Kier alpha value is -0.170. The molecule has 1 heterocycles. The van der Waals surface area contributed by atoms with Gasteiger partial charge in [-0.2, -0.15) is 12.7 Å². The second-order valence-electron chi connectivity index (χ2n) is 5.88. The standard InChI is InChI=1S/C12H24N2O3S/c1-11-2-7-14(8-3-11)18(16,17)13-10-12(4-5-12)6-9-15/h11,13,15H,2-10H2,1H3. The Morgan fingerprint density at radius 2 is 1.94 bits per heavy atom. The molecule has 0 unspecified atom stereocenters. The van der Waals surface area contributed by atoms with E-state index in [9.17, 15) is 8.42 Å². The van der Waals surface area contributed by atoms with Gasteiger partial charge < -0.3 is 5.11 Å². The average Bonchev–Trinajstić information content (AvgIpc) is 3.08. The summed E-state index contributed by atoms with van der Waals surface area (Å²) in [6.45, 7) is 4.04. The van der Waals surface area contributed by atoms with Crippen LogP contribution in [0.2, 0.25) is 0 Å². The Kier molecular flexibility index (Phi) is 4.31. The lowest BCUT2D eigenvalue weighted by molar-refractivity contribution is 0.246. The van der Waals surface area contributed by atoms with Crippen molar-refractivity contribution in [3.8, 4) is 0 Å². The van der Waals surface area contributed by atoms with E-state index in [2.05, 4.69) is 11.6 Å². The molecular weight excluding hydrogens is 252 g/mol. The predicted octanol–water partition coefficient (Wildman–Crippen LogP) is 0.715. The van der Waals surface area contributed by atoms with Crippen LogP contribution in [0.25, 0.3) is 0 Å². The summed E-state index contributed by atoms with van der Waals surface area (Å²) in [5, 5.41) is 8.96. The Balaban J connectivity index is 1.84. The van der Waals surface area contributed by atoms with Gasteiger partial charge in [0.15, 0.2) is 0 Å². The van der Waals surface area contributed by atoms with Crippen LogP contribution in [-0.2, 0) is 10.2 Å². The number of piperidine rings is 1. The van der Waals surface area contributed by atoms with E-state index in [1.54, 1.807) is 4.31 Å². The maximum Gasteiger partial charge on any atom is 0.279 e. The van der Waals surface area contributed by atoms with Crippen LogP contribution < -0.4 is 4.72 Å². The van der Waals surface area contributed by atoms with Crippen molar-refractivity contribution in [2.45, 2.75) is 39.0 Å². The van der Waals surface area contributed by atoms with E-state index in [4.69, 9.17) is 5.11 Å². The zero-order chi connectivity index (χ0) is 13.2. The monoisotopic (exact) mass is 276 g/mol. The van der Waals surface area contributed by atoms with E-state index in [0.717, 1.165) is 25.7 Å². The first kappa shape index (κ1) is 14.2. The van der Waals surface area contributed by atoms with Crippen LogP contribution in [0, 0.1) is 11.3 Å². The quantitative estimate of drug-likeness (QED) is 0.751. The number of hydrogen-bond acceptors (Lipinski definition) is 3. The molecule has 0 radical (unpaired) electrons. The fourth-order valence-electron chi connectivity index (χ4n) is 2.49. The smallest absolute Gasteiger partial charge is 0.279 e. The third kappa shape index (κ3) is 3.44. The summed E-state index contributed by atoms with van der Waals surface area (Å²) < 4.78 is 28.5. The Bertz CT molecular complexity index is 371. The van der Waals surface area contributed by atoms with Crippen molar-refractivity contribution in [1.29, 1.82) is 0 Å². The van der Waals surface area contributed by atoms with Gasteiger partial charge in [0.2, 0.25) is 0 Å². The van der Waals surface area contributed by atoms with E-state index < -0.39 is 10.2 Å². The van der Waals surface area contributed by atoms with Gasteiger partial charge >= 0.3 is 0 Å². The molecule has 18 heavy (non-hydrogen) atoms. The summed E-state index contributed by atoms with van der Waals surface area (Å²) in [4.78, 5) is 0. The lowest BCUT2D eigenvalue weighted by Crippen LogP contribution is -2.46. The molecule has 0 spiro atoms. The first-order valence-electron chi connectivity index (χ1n) is 6.83. The third-order valence-electron chi connectivity index (χ3n) is 4.31. The molecule has 0 aromatic heterocycles. The zero-order valence-electron chi connectivity index (χ0n) is 11.1. The van der Waals surface area contributed by atoms with Crippen molar-refractivity contribution in [3.05, 3.63) is 0 Å². The highest BCUT2D eigenvalue weighted by atomic mass is 32.2. The summed E-state index contributed by atoms with van der Waals surface area (Å²) in [5.74, 6) is 0.626. The van der Waals surface area contributed by atoms with Crippen LogP contribution in [-0.4, -0.2) is 44.1 Å². The lowest BCUT2D eigenvalue weighted by atomic mass is 10.0. The van der Waals surface area contributed by atoms with Crippen molar-refractivity contribution in [2.24, 2.45) is 11.3 Å². The fraction of sp³-hybridized carbons (Fsp3) is 1.00. The zero-order valence-corrected chi connectivity index (χ0v) is 11.9. The van der Waals surface area contributed by atoms with Crippen LogP contribution in [0.3, 0.4) is 0 Å². The summed E-state index contributed by atoms with van der Waals surface area (Å²) >= 11 is 0. The maximum absolute atomic E-state index is 12.1. The van der Waals surface area contributed by atoms with Crippen LogP contribution >= 0.6 is 0 Å². The molecule has 0 atom stereocenters. The molecule has 2 N–H and O–H groups in total. The molecule has 1 aliphatic heterocycles. The minimum Gasteiger partial charge on any atom is -0.396 e. The van der Waals surface area contributed by atoms with Crippen molar-refractivity contribution in [2.75, 3.05) is 26.2 Å². The highest BCUT2D eigenvalue weighted by molar-refractivity contribution is 7.87. The predicted molar refractivity (Wildman–Crippen MR) is 70.3 cm³/mol. The van der Waals surface area contributed by atoms with E-state index in [0.29, 0.717) is 32.0 Å². The first-order valence-corrected chi connectivity index (χ1v) is 8.27. The molecule has 2 aliphatic rings. The highest BCUT2D eigenvalue weighted by Crippen LogP contribution is 2.48. The molecule has 0 amide bonds. The molecule has 2 fully saturated rings. The van der Waals surface area contributed by atoms with Gasteiger partial charge in [-0.15, -0.1) is 0 Å². The second kappa shape index (κ2) is 5.45. The molecule has 0 bridgehead atoms. The molecule has 1 aliphatic carbocycles. The Labute approximate surface area is 110 Å². The van der Waals surface area contributed by atoms with Gasteiger partial charge in [-0.05, 0) is 43.4 Å². The molecule has 106 valence electrons. The Morgan fingerprint density at radius 3 is 2.44 bits per heavy atom. The molecule has 1 saturated heterocycles. The van der Waals surface area contributed by atoms with Crippen LogP contribution in [0.4, 0.5) is 0 Å². The molecule has 1 saturated carbocycles. The minimum absolute atomic E-state index is 0.0326. The van der Waals surface area contributed by atoms with Gasteiger partial charge in [0.1, 0.15) is 0 Å². The van der Waals surface area contributed by atoms with Crippen molar-refractivity contribution in [1.82, 2.24) is 9.03 Å². The van der Waals surface area contributed by atoms with Gasteiger partial charge in [-0.25, -0.2) is 4.72 Å². The second-order valence-corrected chi connectivity index (χ2v) is 7.64. The van der Waals surface area contributed by atoms with Crippen LogP contribution in [0.1, 0.15) is 39.0 Å². The average molecular weight is 276 g/mol. The fourth-order valence-corrected chi connectivity index (χ4v) is 3.85. The minimum atomic E-state index is -3.32. The van der Waals surface area contributed by atoms with Crippen molar-refractivity contribution < 1.29 is 13.5 Å². The van der Waals surface area contributed by atoms with E-state index in [1.807, 2.05) is 0 Å². The number of rotatable bonds is 6. The van der Waals surface area contributed by atoms with E-state index >= 15 is 0 Å². The normalized spacial score (nSPS) is 25.2. The van der Waals surface area contributed by atoms with Crippen LogP contribution in [0.5, 0.6) is 0 Å². The molecule has 0 aromatic rings. The van der Waals surface area contributed by atoms with E-state index in [1.165, 1.54) is 0 Å². The lowest BCUT2D eigenvalue weighted by Gasteiger charge is -2.30. The summed E-state index contributed by atoms with van der Waals surface area (Å²) in [5.41, 5.74) is 0.0326. The van der Waals surface area contributed by atoms with Gasteiger partial charge in [-0.3, -0.25) is 0 Å². The van der Waals surface area contributed by atoms with Gasteiger partial charge in [0.05, 0.1) is 0 Å². The van der Waals surface area contributed by atoms with Gasteiger partial charge in [0, 0.05) is 26.2 Å². The number of hydrogen-bond donors (Lipinski definition) is 2. The van der Waals surface area contributed by atoms with Gasteiger partial charge in [-0.1, -0.05) is 6.92 Å². The summed E-state index contributed by atoms with van der Waals surface area (Å²) in [6.07, 6.45) is 4.64. The van der Waals surface area contributed by atoms with Crippen molar-refractivity contribution in [3.63, 3.8) is 0 Å². The van der Waals surface area contributed by atoms with Crippen LogP contribution in [0.15, 0.2) is 0 Å². The third-order valence-corrected chi connectivity index (χ3v) is 5.87. The molecule has 5 nitrogen and oxygen atoms in total. The molecule has 0 aromatic carbocycles. The Morgan fingerprint density at radius 1 is 1.33 bits per heavy atom. The van der Waals surface area contributed by atoms with E-state index in [-0.39, 0.29) is 12.0 Å². The molecular formula is C12H24N2O3S. The largest absolute Gasteiger partial charge is 0.396 e. The summed E-state index contributed by atoms with van der Waals surface area (Å²) in [6, 6.07) is 0. The first-order chi connectivity index (χ1) is 8.47. The highest BCUT2D eigenvalue weighted by Gasteiger charge is 2.43.